The monoisotopic (exact) mass is 252 g/mol. The molecule has 1 aromatic heterocycles. The molecule has 1 fully saturated rings. The number of anilines is 1. The fraction of sp³-hybridized carbons (Fsp3) is 0.667. The molecule has 0 bridgehead atoms. The number of carbonyl (C=O) groups is 1. The number of nitrogens with two attached hydrogens (primary N) is 1. The van der Waals surface area contributed by atoms with E-state index in [-0.39, 0.29) is 11.3 Å². The lowest BCUT2D eigenvalue weighted by molar-refractivity contribution is 0.0238. The van der Waals surface area contributed by atoms with E-state index in [2.05, 4.69) is 17.3 Å². The molecule has 1 saturated heterocycles. The summed E-state index contributed by atoms with van der Waals surface area (Å²) in [6.07, 6.45) is 3.43. The molecule has 0 unspecified atom stereocenters. The van der Waals surface area contributed by atoms with Gasteiger partial charge in [0.1, 0.15) is 11.4 Å². The number of hydrogen-bond donors (Lipinski definition) is 2. The summed E-state index contributed by atoms with van der Waals surface area (Å²) in [4.78, 5) is 12.0. The van der Waals surface area contributed by atoms with Crippen LogP contribution in [0.25, 0.3) is 0 Å². The van der Waals surface area contributed by atoms with Crippen LogP contribution in [0.2, 0.25) is 0 Å². The smallest absolute Gasteiger partial charge is 0.256 e. The largest absolute Gasteiger partial charge is 0.383 e. The van der Waals surface area contributed by atoms with Crippen LogP contribution in [0.15, 0.2) is 6.20 Å². The minimum absolute atomic E-state index is 0.116. The zero-order valence-electron chi connectivity index (χ0n) is 10.9. The van der Waals surface area contributed by atoms with E-state index in [1.807, 2.05) is 0 Å². The standard InChI is InChI=1S/C12H20N4O2/c1-12(3-5-18-6-4-12)8-14-11(17)9-7-15-16(2)10(9)13/h7H,3-6,8,13H2,1-2H3,(H,14,17). The van der Waals surface area contributed by atoms with Crippen molar-refractivity contribution in [3.63, 3.8) is 0 Å². The lowest BCUT2D eigenvalue weighted by atomic mass is 9.82. The number of nitrogens with zero attached hydrogens (tertiary/aromatic N) is 2. The SMILES string of the molecule is Cn1ncc(C(=O)NCC2(C)CCOCC2)c1N. The number of rotatable bonds is 3. The minimum Gasteiger partial charge on any atom is -0.383 e. The Morgan fingerprint density at radius 1 is 1.61 bits per heavy atom. The Hall–Kier alpha value is -1.56. The Bertz CT molecular complexity index is 435. The number of aryl methyl sites for hydroxylation is 1. The van der Waals surface area contributed by atoms with Gasteiger partial charge < -0.3 is 15.8 Å². The van der Waals surface area contributed by atoms with Crippen molar-refractivity contribution >= 4 is 11.7 Å². The first-order valence-corrected chi connectivity index (χ1v) is 6.15. The topological polar surface area (TPSA) is 82.2 Å². The second-order valence-corrected chi connectivity index (χ2v) is 5.17. The highest BCUT2D eigenvalue weighted by atomic mass is 16.5. The Labute approximate surface area is 106 Å². The summed E-state index contributed by atoms with van der Waals surface area (Å²) >= 11 is 0. The van der Waals surface area contributed by atoms with E-state index < -0.39 is 0 Å². The van der Waals surface area contributed by atoms with Gasteiger partial charge in [0.05, 0.1) is 6.20 Å². The molecule has 0 atom stereocenters. The van der Waals surface area contributed by atoms with Crippen molar-refractivity contribution in [1.82, 2.24) is 15.1 Å². The predicted molar refractivity (Wildman–Crippen MR) is 68.1 cm³/mol. The molecule has 1 aliphatic rings. The molecule has 0 aromatic carbocycles. The summed E-state index contributed by atoms with van der Waals surface area (Å²) in [5.74, 6) is 0.234. The average Bonchev–Trinajstić information content (AvgIpc) is 2.68. The minimum atomic E-state index is -0.159. The fourth-order valence-electron chi connectivity index (χ4n) is 2.05. The fourth-order valence-corrected chi connectivity index (χ4v) is 2.05. The highest BCUT2D eigenvalue weighted by molar-refractivity contribution is 5.98. The molecule has 0 radical (unpaired) electrons. The zero-order valence-corrected chi connectivity index (χ0v) is 10.9. The molecular weight excluding hydrogens is 232 g/mol. The normalized spacial score (nSPS) is 18.6. The van der Waals surface area contributed by atoms with E-state index in [0.717, 1.165) is 26.1 Å². The number of amides is 1. The maximum absolute atomic E-state index is 12.0. The molecule has 18 heavy (non-hydrogen) atoms. The summed E-state index contributed by atoms with van der Waals surface area (Å²) in [7, 11) is 1.71. The lowest BCUT2D eigenvalue weighted by Crippen LogP contribution is -2.39. The van der Waals surface area contributed by atoms with Crippen LogP contribution in [-0.4, -0.2) is 35.4 Å². The summed E-state index contributed by atoms with van der Waals surface area (Å²) < 4.78 is 6.82. The van der Waals surface area contributed by atoms with Gasteiger partial charge in [0.2, 0.25) is 0 Å². The van der Waals surface area contributed by atoms with Crippen molar-refractivity contribution < 1.29 is 9.53 Å². The summed E-state index contributed by atoms with van der Waals surface area (Å²) in [5.41, 5.74) is 6.32. The van der Waals surface area contributed by atoms with Gasteiger partial charge in [-0.05, 0) is 18.3 Å². The van der Waals surface area contributed by atoms with Crippen molar-refractivity contribution in [2.75, 3.05) is 25.5 Å². The van der Waals surface area contributed by atoms with Gasteiger partial charge in [-0.3, -0.25) is 9.48 Å². The summed E-state index contributed by atoms with van der Waals surface area (Å²) in [6.45, 7) is 4.34. The number of hydrogen-bond acceptors (Lipinski definition) is 4. The molecule has 100 valence electrons. The van der Waals surface area contributed by atoms with Gasteiger partial charge in [-0.15, -0.1) is 0 Å². The Kier molecular flexibility index (Phi) is 3.56. The van der Waals surface area contributed by atoms with Gasteiger partial charge in [0.15, 0.2) is 0 Å². The van der Waals surface area contributed by atoms with Crippen LogP contribution in [0.4, 0.5) is 5.82 Å². The summed E-state index contributed by atoms with van der Waals surface area (Å²) in [5, 5.41) is 6.90. The number of nitrogen functional groups attached to an aromatic ring is 1. The van der Waals surface area contributed by atoms with Crippen LogP contribution in [0, 0.1) is 5.41 Å². The van der Waals surface area contributed by atoms with Gasteiger partial charge in [-0.25, -0.2) is 0 Å². The molecule has 0 spiro atoms. The molecule has 6 nitrogen and oxygen atoms in total. The van der Waals surface area contributed by atoms with Crippen molar-refractivity contribution in [3.05, 3.63) is 11.8 Å². The van der Waals surface area contributed by atoms with Crippen LogP contribution >= 0.6 is 0 Å². The van der Waals surface area contributed by atoms with Gasteiger partial charge in [0, 0.05) is 26.8 Å². The number of ether oxygens (including phenoxy) is 1. The third-order valence-electron chi connectivity index (χ3n) is 3.60. The van der Waals surface area contributed by atoms with Gasteiger partial charge in [0.25, 0.3) is 5.91 Å². The van der Waals surface area contributed by atoms with E-state index in [4.69, 9.17) is 10.5 Å². The molecular formula is C12H20N4O2. The molecule has 3 N–H and O–H groups in total. The van der Waals surface area contributed by atoms with Crippen molar-refractivity contribution in [1.29, 1.82) is 0 Å². The average molecular weight is 252 g/mol. The van der Waals surface area contributed by atoms with Crippen LogP contribution in [0.3, 0.4) is 0 Å². The maximum atomic E-state index is 12.0. The number of nitrogens with one attached hydrogen (secondary N) is 1. The number of aromatic nitrogens is 2. The third kappa shape index (κ3) is 2.64. The third-order valence-corrected chi connectivity index (χ3v) is 3.60. The van der Waals surface area contributed by atoms with Crippen molar-refractivity contribution in [3.8, 4) is 0 Å². The van der Waals surface area contributed by atoms with Crippen LogP contribution < -0.4 is 11.1 Å². The molecule has 2 rings (SSSR count). The first-order chi connectivity index (χ1) is 8.52. The number of carbonyl (C=O) groups excluding carboxylic acids is 1. The van der Waals surface area contributed by atoms with Crippen molar-refractivity contribution in [2.45, 2.75) is 19.8 Å². The van der Waals surface area contributed by atoms with E-state index in [9.17, 15) is 4.79 Å². The molecule has 2 heterocycles. The molecule has 0 saturated carbocycles. The van der Waals surface area contributed by atoms with Gasteiger partial charge in [-0.1, -0.05) is 6.92 Å². The van der Waals surface area contributed by atoms with Gasteiger partial charge >= 0.3 is 0 Å². The predicted octanol–water partition coefficient (Wildman–Crippen LogP) is 0.549. The second-order valence-electron chi connectivity index (χ2n) is 5.17. The quantitative estimate of drug-likeness (QED) is 0.823. The Morgan fingerprint density at radius 3 is 2.83 bits per heavy atom. The van der Waals surface area contributed by atoms with Gasteiger partial charge in [-0.2, -0.15) is 5.10 Å². The summed E-state index contributed by atoms with van der Waals surface area (Å²) in [6, 6.07) is 0. The first-order valence-electron chi connectivity index (χ1n) is 6.15. The molecule has 0 aliphatic carbocycles. The van der Waals surface area contributed by atoms with Crippen LogP contribution in [0.5, 0.6) is 0 Å². The molecule has 1 aliphatic heterocycles. The molecule has 1 aromatic rings. The van der Waals surface area contributed by atoms with E-state index in [1.54, 1.807) is 7.05 Å². The highest BCUT2D eigenvalue weighted by Gasteiger charge is 2.28. The van der Waals surface area contributed by atoms with Crippen molar-refractivity contribution in [2.24, 2.45) is 12.5 Å². The Morgan fingerprint density at radius 2 is 2.28 bits per heavy atom. The zero-order chi connectivity index (χ0) is 13.2. The Balaban J connectivity index is 1.94. The van der Waals surface area contributed by atoms with E-state index in [0.29, 0.717) is 17.9 Å². The highest BCUT2D eigenvalue weighted by Crippen LogP contribution is 2.28. The maximum Gasteiger partial charge on any atom is 0.256 e. The van der Waals surface area contributed by atoms with E-state index >= 15 is 0 Å². The first kappa shape index (κ1) is 12.9. The lowest BCUT2D eigenvalue weighted by Gasteiger charge is -2.33. The van der Waals surface area contributed by atoms with Crippen LogP contribution in [-0.2, 0) is 11.8 Å². The molecule has 1 amide bonds. The van der Waals surface area contributed by atoms with E-state index in [1.165, 1.54) is 10.9 Å². The van der Waals surface area contributed by atoms with Crippen LogP contribution in [0.1, 0.15) is 30.1 Å². The second kappa shape index (κ2) is 4.97. The molecule has 6 heteroatoms.